The number of non-ortho nitro benzene ring substituents is 1. The molecule has 0 unspecified atom stereocenters. The predicted molar refractivity (Wildman–Crippen MR) is 131 cm³/mol. The number of amides is 2. The van der Waals surface area contributed by atoms with Crippen molar-refractivity contribution in [3.63, 3.8) is 0 Å². The average molecular weight is 482 g/mol. The molecule has 0 radical (unpaired) electrons. The molecule has 0 fully saturated rings. The van der Waals surface area contributed by atoms with E-state index in [-0.39, 0.29) is 5.69 Å². The maximum Gasteiger partial charge on any atom is 0.438 e. The number of aryl methyl sites for hydroxylation is 1. The van der Waals surface area contributed by atoms with Gasteiger partial charge in [-0.1, -0.05) is 17.8 Å². The number of fused-ring (bicyclic) bond motifs is 1. The number of nitro groups is 1. The van der Waals surface area contributed by atoms with Gasteiger partial charge in [-0.3, -0.25) is 19.9 Å². The van der Waals surface area contributed by atoms with Crippen LogP contribution in [0, 0.1) is 10.1 Å². The smallest absolute Gasteiger partial charge is 0.438 e. The van der Waals surface area contributed by atoms with Crippen LogP contribution >= 0.6 is 11.8 Å². The lowest BCUT2D eigenvalue weighted by atomic mass is 9.97. The Labute approximate surface area is 200 Å². The number of nitrogens with zero attached hydrogens (tertiary/aromatic N) is 5. The highest BCUT2D eigenvalue weighted by molar-refractivity contribution is 8.14. The zero-order valence-electron chi connectivity index (χ0n) is 18.8. The van der Waals surface area contributed by atoms with Crippen molar-refractivity contribution in [3.05, 3.63) is 69.3 Å². The molecule has 0 saturated heterocycles. The first kappa shape index (κ1) is 23.4. The Balaban J connectivity index is 1.67. The Bertz CT molecular complexity index is 1190. The van der Waals surface area contributed by atoms with E-state index in [1.165, 1.54) is 19.2 Å². The van der Waals surface area contributed by atoms with Gasteiger partial charge >= 0.3 is 11.3 Å². The van der Waals surface area contributed by atoms with Crippen LogP contribution in [0.2, 0.25) is 0 Å². The van der Waals surface area contributed by atoms with E-state index in [1.807, 2.05) is 25.1 Å². The number of imide groups is 1. The minimum Gasteiger partial charge on any atom is -0.451 e. The SMILES string of the molecule is CC/N=C(/c1ccc([N+](=O)[O-])cc1)N1CCCc2cc(C3=NN(C(=O)OC)C(=O)SC3)ccc21. The fourth-order valence-corrected chi connectivity index (χ4v) is 4.66. The fraction of sp³-hybridized carbons (Fsp3) is 0.304. The molecule has 0 N–H and O–H groups in total. The van der Waals surface area contributed by atoms with Gasteiger partial charge < -0.3 is 9.64 Å². The van der Waals surface area contributed by atoms with Crippen LogP contribution in [0.5, 0.6) is 0 Å². The minimum atomic E-state index is -0.817. The van der Waals surface area contributed by atoms with Gasteiger partial charge in [0.15, 0.2) is 0 Å². The Morgan fingerprint density at radius 2 is 2.03 bits per heavy atom. The molecule has 0 bridgehead atoms. The van der Waals surface area contributed by atoms with E-state index in [9.17, 15) is 19.7 Å². The molecule has 10 nitrogen and oxygen atoms in total. The average Bonchev–Trinajstić information content (AvgIpc) is 2.86. The number of carbonyl (C=O) groups is 2. The van der Waals surface area contributed by atoms with Crippen LogP contribution in [0.25, 0.3) is 0 Å². The first-order valence-electron chi connectivity index (χ1n) is 10.7. The zero-order chi connectivity index (χ0) is 24.2. The number of thioether (sulfide) groups is 1. The first-order chi connectivity index (χ1) is 16.4. The van der Waals surface area contributed by atoms with Gasteiger partial charge in [-0.05, 0) is 55.2 Å². The van der Waals surface area contributed by atoms with Gasteiger partial charge in [0.2, 0.25) is 0 Å². The van der Waals surface area contributed by atoms with Crippen LogP contribution in [-0.4, -0.2) is 58.8 Å². The summed E-state index contributed by atoms with van der Waals surface area (Å²) in [6.45, 7) is 3.29. The van der Waals surface area contributed by atoms with Gasteiger partial charge in [0.05, 0.1) is 17.7 Å². The van der Waals surface area contributed by atoms with Crippen molar-refractivity contribution in [2.45, 2.75) is 19.8 Å². The monoisotopic (exact) mass is 481 g/mol. The second-order valence-electron chi connectivity index (χ2n) is 7.58. The lowest BCUT2D eigenvalue weighted by molar-refractivity contribution is -0.384. The molecular formula is C23H23N5O5S. The van der Waals surface area contributed by atoms with Crippen LogP contribution in [0.1, 0.15) is 30.0 Å². The van der Waals surface area contributed by atoms with Gasteiger partial charge in [0.25, 0.3) is 5.69 Å². The predicted octanol–water partition coefficient (Wildman–Crippen LogP) is 4.45. The molecule has 2 heterocycles. The van der Waals surface area contributed by atoms with Crippen molar-refractivity contribution in [1.82, 2.24) is 5.01 Å². The third kappa shape index (κ3) is 4.65. The molecule has 0 aromatic heterocycles. The standard InChI is InChI=1S/C23H23N5O5S/c1-3-24-21(15-6-9-18(10-7-15)28(31)32)26-12-4-5-17-13-16(8-11-20(17)26)19-14-34-23(30)27(25-19)22(29)33-2/h6-11,13H,3-5,12,14H2,1-2H3/b24-21-. The Morgan fingerprint density at radius 3 is 2.71 bits per heavy atom. The fourth-order valence-electron chi connectivity index (χ4n) is 3.94. The van der Waals surface area contributed by atoms with Crippen molar-refractivity contribution >= 4 is 46.0 Å². The van der Waals surface area contributed by atoms with Crippen LogP contribution in [-0.2, 0) is 11.2 Å². The van der Waals surface area contributed by atoms with E-state index in [2.05, 4.69) is 14.7 Å². The van der Waals surface area contributed by atoms with Gasteiger partial charge in [-0.2, -0.15) is 5.10 Å². The highest BCUT2D eigenvalue weighted by Gasteiger charge is 2.29. The molecule has 11 heteroatoms. The van der Waals surface area contributed by atoms with Crippen LogP contribution in [0.15, 0.2) is 52.6 Å². The summed E-state index contributed by atoms with van der Waals surface area (Å²) in [5.74, 6) is 1.12. The molecule has 0 atom stereocenters. The number of carbonyl (C=O) groups excluding carboxylic acids is 2. The van der Waals surface area contributed by atoms with Crippen molar-refractivity contribution in [1.29, 1.82) is 0 Å². The molecule has 2 aromatic rings. The van der Waals surface area contributed by atoms with Crippen LogP contribution in [0.4, 0.5) is 21.0 Å². The van der Waals surface area contributed by atoms with Crippen molar-refractivity contribution in [2.24, 2.45) is 10.1 Å². The second-order valence-corrected chi connectivity index (χ2v) is 8.51. The normalized spacial score (nSPS) is 16.1. The number of methoxy groups -OCH3 is 1. The largest absolute Gasteiger partial charge is 0.451 e. The quantitative estimate of drug-likeness (QED) is 0.274. The number of nitro benzene ring substituents is 1. The summed E-state index contributed by atoms with van der Waals surface area (Å²) in [7, 11) is 1.21. The summed E-state index contributed by atoms with van der Waals surface area (Å²) in [5, 5.41) is 15.5. The third-order valence-electron chi connectivity index (χ3n) is 5.50. The molecule has 2 aliphatic rings. The number of rotatable bonds is 4. The van der Waals surface area contributed by atoms with Gasteiger partial charge in [-0.25, -0.2) is 4.79 Å². The summed E-state index contributed by atoms with van der Waals surface area (Å²) in [6.07, 6.45) is 0.946. The molecule has 0 spiro atoms. The number of hydrogen-bond donors (Lipinski definition) is 0. The maximum atomic E-state index is 12.0. The lowest BCUT2D eigenvalue weighted by Gasteiger charge is -2.33. The maximum absolute atomic E-state index is 12.0. The number of hydrazone groups is 1. The molecule has 2 aliphatic heterocycles. The van der Waals surface area contributed by atoms with Crippen molar-refractivity contribution < 1.29 is 19.2 Å². The van der Waals surface area contributed by atoms with Crippen LogP contribution in [0.3, 0.4) is 0 Å². The van der Waals surface area contributed by atoms with Gasteiger partial charge in [0.1, 0.15) is 5.84 Å². The molecule has 0 saturated carbocycles. The van der Waals surface area contributed by atoms with E-state index in [0.29, 0.717) is 18.0 Å². The minimum absolute atomic E-state index is 0.0360. The summed E-state index contributed by atoms with van der Waals surface area (Å²) in [6, 6.07) is 12.4. The number of aliphatic imine (C=N–C) groups is 1. The van der Waals surface area contributed by atoms with E-state index in [1.54, 1.807) is 12.1 Å². The zero-order valence-corrected chi connectivity index (χ0v) is 19.6. The van der Waals surface area contributed by atoms with E-state index >= 15 is 0 Å². The summed E-state index contributed by atoms with van der Waals surface area (Å²) in [4.78, 5) is 41.3. The number of anilines is 1. The molecule has 34 heavy (non-hydrogen) atoms. The number of hydrogen-bond acceptors (Lipinski definition) is 8. The molecule has 176 valence electrons. The highest BCUT2D eigenvalue weighted by atomic mass is 32.2. The van der Waals surface area contributed by atoms with E-state index < -0.39 is 16.3 Å². The lowest BCUT2D eigenvalue weighted by Crippen LogP contribution is -2.37. The molecule has 2 amide bonds. The van der Waals surface area contributed by atoms with E-state index in [4.69, 9.17) is 4.99 Å². The Morgan fingerprint density at radius 1 is 1.26 bits per heavy atom. The van der Waals surface area contributed by atoms with Gasteiger partial charge in [0, 0.05) is 42.2 Å². The molecule has 0 aliphatic carbocycles. The van der Waals surface area contributed by atoms with E-state index in [0.717, 1.165) is 64.4 Å². The molecule has 2 aromatic carbocycles. The summed E-state index contributed by atoms with van der Waals surface area (Å²) >= 11 is 1.00. The van der Waals surface area contributed by atoms with Gasteiger partial charge in [-0.15, -0.1) is 5.01 Å². The second kappa shape index (κ2) is 10.0. The topological polar surface area (TPSA) is 118 Å². The Kier molecular flexibility index (Phi) is 6.92. The third-order valence-corrected chi connectivity index (χ3v) is 6.34. The molecule has 4 rings (SSSR count). The number of ether oxygens (including phenoxy) is 1. The number of amidine groups is 1. The van der Waals surface area contributed by atoms with Crippen LogP contribution < -0.4 is 4.90 Å². The van der Waals surface area contributed by atoms with Crippen molar-refractivity contribution in [3.8, 4) is 0 Å². The Hall–Kier alpha value is -3.73. The summed E-state index contributed by atoms with van der Waals surface area (Å²) in [5.41, 5.74) is 4.40. The number of benzene rings is 2. The summed E-state index contributed by atoms with van der Waals surface area (Å²) < 4.78 is 4.65. The molecular weight excluding hydrogens is 458 g/mol. The first-order valence-corrected chi connectivity index (χ1v) is 11.7. The highest BCUT2D eigenvalue weighted by Crippen LogP contribution is 2.31. The van der Waals surface area contributed by atoms with Crippen molar-refractivity contribution in [2.75, 3.05) is 30.9 Å².